The number of benzene rings is 1. The van der Waals surface area contributed by atoms with Gasteiger partial charge in [-0.25, -0.2) is 9.59 Å². The molecule has 20 heavy (non-hydrogen) atoms. The molecule has 1 aromatic carbocycles. The van der Waals surface area contributed by atoms with Gasteiger partial charge in [0.2, 0.25) is 0 Å². The highest BCUT2D eigenvalue weighted by Gasteiger charge is 2.12. The van der Waals surface area contributed by atoms with Gasteiger partial charge >= 0.3 is 12.0 Å². The van der Waals surface area contributed by atoms with Gasteiger partial charge in [0.15, 0.2) is 0 Å². The van der Waals surface area contributed by atoms with Crippen LogP contribution in [0.3, 0.4) is 0 Å². The fourth-order valence-corrected chi connectivity index (χ4v) is 1.91. The van der Waals surface area contributed by atoms with Gasteiger partial charge in [0.05, 0.1) is 11.3 Å². The fourth-order valence-electron chi connectivity index (χ4n) is 1.55. The van der Waals surface area contributed by atoms with Crippen molar-refractivity contribution in [3.8, 4) is 0 Å². The van der Waals surface area contributed by atoms with Crippen LogP contribution in [0.2, 0.25) is 0 Å². The SMILES string of the molecule is COCCCCNC(=O)Nc1cc(Br)ccc1C(=O)O. The van der Waals surface area contributed by atoms with Gasteiger partial charge < -0.3 is 20.5 Å². The van der Waals surface area contributed by atoms with Crippen LogP contribution in [-0.2, 0) is 4.74 Å². The molecule has 6 nitrogen and oxygen atoms in total. The number of rotatable bonds is 7. The lowest BCUT2D eigenvalue weighted by atomic mass is 10.2. The maximum absolute atomic E-state index is 11.7. The normalized spacial score (nSPS) is 10.1. The van der Waals surface area contributed by atoms with Crippen molar-refractivity contribution in [2.45, 2.75) is 12.8 Å². The second-order valence-corrected chi connectivity index (χ2v) is 4.99. The highest BCUT2D eigenvalue weighted by Crippen LogP contribution is 2.21. The molecule has 0 atom stereocenters. The van der Waals surface area contributed by atoms with Crippen molar-refractivity contribution in [1.29, 1.82) is 0 Å². The first-order chi connectivity index (χ1) is 9.54. The Morgan fingerprint density at radius 3 is 2.75 bits per heavy atom. The highest BCUT2D eigenvalue weighted by atomic mass is 79.9. The standard InChI is InChI=1S/C13H17BrN2O4/c1-20-7-3-2-6-15-13(19)16-11-8-9(14)4-5-10(11)12(17)18/h4-5,8H,2-3,6-7H2,1H3,(H,17,18)(H2,15,16,19). The molecule has 0 saturated carbocycles. The third-order valence-corrected chi connectivity index (χ3v) is 3.01. The predicted octanol–water partition coefficient (Wildman–Crippen LogP) is 2.70. The van der Waals surface area contributed by atoms with E-state index < -0.39 is 12.0 Å². The molecule has 0 unspecified atom stereocenters. The van der Waals surface area contributed by atoms with Gasteiger partial charge in [-0.3, -0.25) is 0 Å². The van der Waals surface area contributed by atoms with Gasteiger partial charge in [-0.15, -0.1) is 0 Å². The van der Waals surface area contributed by atoms with E-state index in [4.69, 9.17) is 9.84 Å². The molecule has 110 valence electrons. The number of ether oxygens (including phenoxy) is 1. The maximum atomic E-state index is 11.7. The number of aromatic carboxylic acids is 1. The molecule has 0 fully saturated rings. The Labute approximate surface area is 125 Å². The number of methoxy groups -OCH3 is 1. The predicted molar refractivity (Wildman–Crippen MR) is 79.2 cm³/mol. The smallest absolute Gasteiger partial charge is 0.337 e. The molecule has 0 saturated heterocycles. The summed E-state index contributed by atoms with van der Waals surface area (Å²) in [6, 6.07) is 4.16. The zero-order valence-corrected chi connectivity index (χ0v) is 12.7. The monoisotopic (exact) mass is 344 g/mol. The quantitative estimate of drug-likeness (QED) is 0.663. The van der Waals surface area contributed by atoms with Crippen LogP contribution in [0.15, 0.2) is 22.7 Å². The number of unbranched alkanes of at least 4 members (excludes halogenated alkanes) is 1. The van der Waals surface area contributed by atoms with Crippen molar-refractivity contribution in [1.82, 2.24) is 5.32 Å². The summed E-state index contributed by atoms with van der Waals surface area (Å²) >= 11 is 3.24. The molecule has 0 aliphatic carbocycles. The Balaban J connectivity index is 2.53. The maximum Gasteiger partial charge on any atom is 0.337 e. The van der Waals surface area contributed by atoms with Gasteiger partial charge in [0, 0.05) is 24.7 Å². The molecule has 0 aliphatic rings. The fraction of sp³-hybridized carbons (Fsp3) is 0.385. The first-order valence-electron chi connectivity index (χ1n) is 6.11. The molecule has 0 radical (unpaired) electrons. The second-order valence-electron chi connectivity index (χ2n) is 4.08. The van der Waals surface area contributed by atoms with Crippen molar-refractivity contribution in [3.05, 3.63) is 28.2 Å². The van der Waals surface area contributed by atoms with E-state index >= 15 is 0 Å². The van der Waals surface area contributed by atoms with E-state index in [0.29, 0.717) is 17.6 Å². The van der Waals surface area contributed by atoms with Crippen LogP contribution in [0, 0.1) is 0 Å². The van der Waals surface area contributed by atoms with Crippen LogP contribution >= 0.6 is 15.9 Å². The van der Waals surface area contributed by atoms with Crippen molar-refractivity contribution < 1.29 is 19.4 Å². The number of nitrogens with one attached hydrogen (secondary N) is 2. The summed E-state index contributed by atoms with van der Waals surface area (Å²) in [5.74, 6) is -1.09. The largest absolute Gasteiger partial charge is 0.478 e. The van der Waals surface area contributed by atoms with Crippen LogP contribution in [0.4, 0.5) is 10.5 Å². The highest BCUT2D eigenvalue weighted by molar-refractivity contribution is 9.10. The third kappa shape index (κ3) is 5.58. The molecule has 0 spiro atoms. The van der Waals surface area contributed by atoms with Gasteiger partial charge in [0.1, 0.15) is 0 Å². The Morgan fingerprint density at radius 1 is 1.35 bits per heavy atom. The van der Waals surface area contributed by atoms with E-state index in [1.807, 2.05) is 0 Å². The van der Waals surface area contributed by atoms with Crippen molar-refractivity contribution in [2.75, 3.05) is 25.6 Å². The molecule has 7 heteroatoms. The first-order valence-corrected chi connectivity index (χ1v) is 6.90. The summed E-state index contributed by atoms with van der Waals surface area (Å²) in [5.41, 5.74) is 0.295. The van der Waals surface area contributed by atoms with Gasteiger partial charge in [-0.05, 0) is 31.0 Å². The van der Waals surface area contributed by atoms with Crippen molar-refractivity contribution >= 4 is 33.6 Å². The number of carbonyl (C=O) groups excluding carboxylic acids is 1. The number of carbonyl (C=O) groups is 2. The summed E-state index contributed by atoms with van der Waals surface area (Å²) in [6.07, 6.45) is 1.65. The van der Waals surface area contributed by atoms with Gasteiger partial charge in [-0.2, -0.15) is 0 Å². The van der Waals surface area contributed by atoms with Crippen LogP contribution in [0.25, 0.3) is 0 Å². The zero-order chi connectivity index (χ0) is 15.0. The number of carboxylic acids is 1. The summed E-state index contributed by atoms with van der Waals surface area (Å²) in [5, 5.41) is 14.2. The third-order valence-electron chi connectivity index (χ3n) is 2.52. The van der Waals surface area contributed by atoms with Crippen molar-refractivity contribution in [2.24, 2.45) is 0 Å². The molecule has 2 amide bonds. The van der Waals surface area contributed by atoms with Crippen molar-refractivity contribution in [3.63, 3.8) is 0 Å². The summed E-state index contributed by atoms with van der Waals surface area (Å²) in [6.45, 7) is 1.16. The number of urea groups is 1. The molecule has 0 aliphatic heterocycles. The molecule has 3 N–H and O–H groups in total. The lowest BCUT2D eigenvalue weighted by Crippen LogP contribution is -2.30. The number of anilines is 1. The summed E-state index contributed by atoms with van der Waals surface area (Å²) < 4.78 is 5.59. The van der Waals surface area contributed by atoms with E-state index in [2.05, 4.69) is 26.6 Å². The number of amides is 2. The number of hydrogen-bond donors (Lipinski definition) is 3. The average molecular weight is 345 g/mol. The van der Waals surface area contributed by atoms with E-state index in [0.717, 1.165) is 12.8 Å². The minimum Gasteiger partial charge on any atom is -0.478 e. The number of halogens is 1. The summed E-state index contributed by atoms with van der Waals surface area (Å²) in [7, 11) is 1.63. The molecular formula is C13H17BrN2O4. The summed E-state index contributed by atoms with van der Waals surface area (Å²) in [4.78, 5) is 22.7. The average Bonchev–Trinajstić information content (AvgIpc) is 2.38. The second kappa shape index (κ2) is 8.55. The van der Waals surface area contributed by atoms with Crippen LogP contribution in [0.5, 0.6) is 0 Å². The zero-order valence-electron chi connectivity index (χ0n) is 11.1. The topological polar surface area (TPSA) is 87.7 Å². The van der Waals surface area contributed by atoms with E-state index in [9.17, 15) is 9.59 Å². The molecule has 1 rings (SSSR count). The van der Waals surface area contributed by atoms with Gasteiger partial charge in [0.25, 0.3) is 0 Å². The van der Waals surface area contributed by atoms with E-state index in [1.165, 1.54) is 6.07 Å². The van der Waals surface area contributed by atoms with E-state index in [1.54, 1.807) is 19.2 Å². The number of carboxylic acid groups (broad SMARTS) is 1. The Hall–Kier alpha value is -1.60. The molecule has 1 aromatic rings. The minimum absolute atomic E-state index is 0.0442. The van der Waals surface area contributed by atoms with E-state index in [-0.39, 0.29) is 11.3 Å². The van der Waals surface area contributed by atoms with Crippen LogP contribution in [-0.4, -0.2) is 37.4 Å². The van der Waals surface area contributed by atoms with Crippen LogP contribution < -0.4 is 10.6 Å². The molecule has 0 heterocycles. The minimum atomic E-state index is -1.09. The molecule has 0 aromatic heterocycles. The number of hydrogen-bond acceptors (Lipinski definition) is 3. The first kappa shape index (κ1) is 16.5. The van der Waals surface area contributed by atoms with Crippen LogP contribution in [0.1, 0.15) is 23.2 Å². The Morgan fingerprint density at radius 2 is 2.10 bits per heavy atom. The molecular weight excluding hydrogens is 328 g/mol. The lowest BCUT2D eigenvalue weighted by Gasteiger charge is -2.10. The Kier molecular flexibility index (Phi) is 7.03. The lowest BCUT2D eigenvalue weighted by molar-refractivity contribution is 0.0698. The molecule has 0 bridgehead atoms. The Bertz CT molecular complexity index is 479. The van der Waals surface area contributed by atoms with Gasteiger partial charge in [-0.1, -0.05) is 15.9 Å².